The highest BCUT2D eigenvalue weighted by atomic mass is 16.3. The highest BCUT2D eigenvalue weighted by Crippen LogP contribution is 2.38. The fourth-order valence-electron chi connectivity index (χ4n) is 2.72. The van der Waals surface area contributed by atoms with Crippen molar-refractivity contribution in [3.63, 3.8) is 0 Å². The summed E-state index contributed by atoms with van der Waals surface area (Å²) in [5, 5.41) is 10.0. The van der Waals surface area contributed by atoms with Crippen LogP contribution in [-0.2, 0) is 0 Å². The zero-order chi connectivity index (χ0) is 11.5. The Labute approximate surface area is 94.7 Å². The zero-order valence-corrected chi connectivity index (χ0v) is 10.8. The Morgan fingerprint density at radius 3 is 2.40 bits per heavy atom. The molecule has 0 heterocycles. The van der Waals surface area contributed by atoms with E-state index in [1.807, 2.05) is 0 Å². The number of nitrogens with zero attached hydrogens (tertiary/aromatic N) is 1. The summed E-state index contributed by atoms with van der Waals surface area (Å²) >= 11 is 0. The maximum atomic E-state index is 10.0. The van der Waals surface area contributed by atoms with Gasteiger partial charge in [0.15, 0.2) is 0 Å². The molecular weight excluding hydrogens is 186 g/mol. The van der Waals surface area contributed by atoms with E-state index in [2.05, 4.69) is 32.6 Å². The molecule has 2 unspecified atom stereocenters. The normalized spacial score (nSPS) is 30.8. The van der Waals surface area contributed by atoms with E-state index >= 15 is 0 Å². The van der Waals surface area contributed by atoms with Crippen molar-refractivity contribution in [2.75, 3.05) is 19.6 Å². The van der Waals surface area contributed by atoms with Gasteiger partial charge in [-0.25, -0.2) is 0 Å². The second kappa shape index (κ2) is 5.31. The Bertz CT molecular complexity index is 187. The van der Waals surface area contributed by atoms with Gasteiger partial charge in [-0.2, -0.15) is 0 Å². The average Bonchev–Trinajstić information content (AvgIpc) is 2.19. The third kappa shape index (κ3) is 3.76. The van der Waals surface area contributed by atoms with Crippen LogP contribution in [0.4, 0.5) is 0 Å². The van der Waals surface area contributed by atoms with Crippen LogP contribution in [0.3, 0.4) is 0 Å². The third-order valence-electron chi connectivity index (χ3n) is 3.86. The molecule has 1 rings (SSSR count). The second-order valence-corrected chi connectivity index (χ2v) is 5.72. The molecule has 0 radical (unpaired) electrons. The van der Waals surface area contributed by atoms with Gasteiger partial charge in [0.05, 0.1) is 6.10 Å². The molecule has 0 aromatic rings. The molecule has 90 valence electrons. The van der Waals surface area contributed by atoms with Crippen molar-refractivity contribution >= 4 is 0 Å². The van der Waals surface area contributed by atoms with E-state index < -0.39 is 0 Å². The van der Waals surface area contributed by atoms with Crippen LogP contribution >= 0.6 is 0 Å². The molecule has 2 nitrogen and oxygen atoms in total. The zero-order valence-electron chi connectivity index (χ0n) is 10.8. The summed E-state index contributed by atoms with van der Waals surface area (Å²) in [6.45, 7) is 12.3. The van der Waals surface area contributed by atoms with Gasteiger partial charge in [0.1, 0.15) is 0 Å². The van der Waals surface area contributed by atoms with Crippen LogP contribution in [0, 0.1) is 11.3 Å². The largest absolute Gasteiger partial charge is 0.393 e. The highest BCUT2D eigenvalue weighted by Gasteiger charge is 2.34. The first-order valence-electron chi connectivity index (χ1n) is 6.39. The lowest BCUT2D eigenvalue weighted by Gasteiger charge is -2.40. The van der Waals surface area contributed by atoms with Crippen molar-refractivity contribution in [1.82, 2.24) is 4.90 Å². The molecule has 15 heavy (non-hydrogen) atoms. The average molecular weight is 213 g/mol. The molecule has 1 fully saturated rings. The first-order chi connectivity index (χ1) is 6.98. The Balaban J connectivity index is 2.51. The Morgan fingerprint density at radius 2 is 1.87 bits per heavy atom. The Kier molecular flexibility index (Phi) is 4.60. The van der Waals surface area contributed by atoms with Crippen LogP contribution in [-0.4, -0.2) is 35.7 Å². The van der Waals surface area contributed by atoms with Crippen molar-refractivity contribution in [2.24, 2.45) is 11.3 Å². The van der Waals surface area contributed by atoms with Gasteiger partial charge in [-0.15, -0.1) is 0 Å². The number of rotatable bonds is 4. The number of hydrogen-bond donors (Lipinski definition) is 1. The van der Waals surface area contributed by atoms with E-state index in [4.69, 9.17) is 0 Å². The van der Waals surface area contributed by atoms with Crippen molar-refractivity contribution in [3.8, 4) is 0 Å². The molecule has 0 bridgehead atoms. The summed E-state index contributed by atoms with van der Waals surface area (Å²) < 4.78 is 0. The smallest absolute Gasteiger partial charge is 0.0581 e. The van der Waals surface area contributed by atoms with Crippen LogP contribution in [0.25, 0.3) is 0 Å². The standard InChI is InChI=1S/C13H27NO/c1-5-14(6-2)10-11-9-13(3,4)8-7-12(11)15/h11-12,15H,5-10H2,1-4H3. The van der Waals surface area contributed by atoms with Crippen LogP contribution in [0.15, 0.2) is 0 Å². The third-order valence-corrected chi connectivity index (χ3v) is 3.86. The van der Waals surface area contributed by atoms with Gasteiger partial charge in [-0.05, 0) is 43.7 Å². The number of aliphatic hydroxyl groups is 1. The van der Waals surface area contributed by atoms with Crippen molar-refractivity contribution < 1.29 is 5.11 Å². The fraction of sp³-hybridized carbons (Fsp3) is 1.00. The summed E-state index contributed by atoms with van der Waals surface area (Å²) in [5.41, 5.74) is 0.428. The quantitative estimate of drug-likeness (QED) is 0.775. The highest BCUT2D eigenvalue weighted by molar-refractivity contribution is 4.86. The molecule has 1 N–H and O–H groups in total. The van der Waals surface area contributed by atoms with E-state index in [9.17, 15) is 5.11 Å². The SMILES string of the molecule is CCN(CC)CC1CC(C)(C)CCC1O. The molecule has 1 aliphatic rings. The minimum atomic E-state index is -0.0707. The molecule has 0 aliphatic heterocycles. The van der Waals surface area contributed by atoms with Crippen LogP contribution in [0.5, 0.6) is 0 Å². The van der Waals surface area contributed by atoms with Crippen LogP contribution in [0.1, 0.15) is 47.0 Å². The van der Waals surface area contributed by atoms with Crippen LogP contribution in [0.2, 0.25) is 0 Å². The van der Waals surface area contributed by atoms with Crippen molar-refractivity contribution in [3.05, 3.63) is 0 Å². The van der Waals surface area contributed by atoms with E-state index in [1.54, 1.807) is 0 Å². The second-order valence-electron chi connectivity index (χ2n) is 5.72. The lowest BCUT2D eigenvalue weighted by molar-refractivity contribution is 0.00562. The maximum absolute atomic E-state index is 10.0. The predicted octanol–water partition coefficient (Wildman–Crippen LogP) is 2.52. The molecule has 0 aromatic heterocycles. The topological polar surface area (TPSA) is 23.5 Å². The first kappa shape index (κ1) is 13.0. The minimum absolute atomic E-state index is 0.0707. The van der Waals surface area contributed by atoms with Gasteiger partial charge in [-0.1, -0.05) is 27.7 Å². The van der Waals surface area contributed by atoms with Gasteiger partial charge < -0.3 is 10.0 Å². The maximum Gasteiger partial charge on any atom is 0.0581 e. The molecule has 0 amide bonds. The Morgan fingerprint density at radius 1 is 1.27 bits per heavy atom. The molecule has 1 aliphatic carbocycles. The summed E-state index contributed by atoms with van der Waals surface area (Å²) in [6.07, 6.45) is 3.26. The van der Waals surface area contributed by atoms with Gasteiger partial charge in [-0.3, -0.25) is 0 Å². The Hall–Kier alpha value is -0.0800. The van der Waals surface area contributed by atoms with E-state index in [-0.39, 0.29) is 6.10 Å². The molecule has 2 heteroatoms. The minimum Gasteiger partial charge on any atom is -0.393 e. The lowest BCUT2D eigenvalue weighted by atomic mass is 9.71. The van der Waals surface area contributed by atoms with Gasteiger partial charge >= 0.3 is 0 Å². The summed E-state index contributed by atoms with van der Waals surface area (Å²) in [7, 11) is 0. The summed E-state index contributed by atoms with van der Waals surface area (Å²) in [4.78, 5) is 2.43. The first-order valence-corrected chi connectivity index (χ1v) is 6.39. The summed E-state index contributed by atoms with van der Waals surface area (Å²) in [5.74, 6) is 0.480. The van der Waals surface area contributed by atoms with E-state index in [0.29, 0.717) is 11.3 Å². The number of hydrogen-bond acceptors (Lipinski definition) is 2. The lowest BCUT2D eigenvalue weighted by Crippen LogP contribution is -2.41. The molecule has 1 saturated carbocycles. The van der Waals surface area contributed by atoms with Crippen LogP contribution < -0.4 is 0 Å². The van der Waals surface area contributed by atoms with Gasteiger partial charge in [0.2, 0.25) is 0 Å². The van der Waals surface area contributed by atoms with E-state index in [0.717, 1.165) is 26.1 Å². The molecule has 0 saturated heterocycles. The van der Waals surface area contributed by atoms with E-state index in [1.165, 1.54) is 12.8 Å². The molecular formula is C13H27NO. The van der Waals surface area contributed by atoms with Gasteiger partial charge in [0, 0.05) is 6.54 Å². The molecule has 0 spiro atoms. The van der Waals surface area contributed by atoms with Crippen molar-refractivity contribution in [1.29, 1.82) is 0 Å². The summed E-state index contributed by atoms with van der Waals surface area (Å²) in [6, 6.07) is 0. The monoisotopic (exact) mass is 213 g/mol. The predicted molar refractivity (Wildman–Crippen MR) is 64.9 cm³/mol. The van der Waals surface area contributed by atoms with Gasteiger partial charge in [0.25, 0.3) is 0 Å². The fourth-order valence-corrected chi connectivity index (χ4v) is 2.72. The number of aliphatic hydroxyl groups excluding tert-OH is 1. The molecule has 0 aromatic carbocycles. The van der Waals surface area contributed by atoms with Crippen molar-refractivity contribution in [2.45, 2.75) is 53.1 Å². The molecule has 2 atom stereocenters.